The van der Waals surface area contributed by atoms with E-state index in [2.05, 4.69) is 17.2 Å². The van der Waals surface area contributed by atoms with E-state index in [0.29, 0.717) is 6.42 Å². The molecular formula is C25H43N3O6. The van der Waals surface area contributed by atoms with E-state index in [-0.39, 0.29) is 11.7 Å². The maximum Gasteiger partial charge on any atom is 0.351 e. The number of rotatable bonds is 17. The van der Waals surface area contributed by atoms with Crippen molar-refractivity contribution in [2.75, 3.05) is 11.9 Å². The maximum absolute atomic E-state index is 12.3. The number of carbonyl (C=O) groups is 1. The summed E-state index contributed by atoms with van der Waals surface area (Å²) in [5.74, 6) is -0.0617. The van der Waals surface area contributed by atoms with Crippen molar-refractivity contribution >= 4 is 11.7 Å². The number of aliphatic hydroxyl groups is 3. The summed E-state index contributed by atoms with van der Waals surface area (Å²) in [6.45, 7) is 1.76. The van der Waals surface area contributed by atoms with Crippen LogP contribution in [0.5, 0.6) is 0 Å². The van der Waals surface area contributed by atoms with E-state index in [1.807, 2.05) is 0 Å². The second-order valence-corrected chi connectivity index (χ2v) is 9.27. The van der Waals surface area contributed by atoms with Crippen molar-refractivity contribution in [2.24, 2.45) is 0 Å². The number of aliphatic hydroxyl groups excluding tert-OH is 3. The predicted molar refractivity (Wildman–Crippen MR) is 130 cm³/mol. The lowest BCUT2D eigenvalue weighted by Gasteiger charge is -2.17. The van der Waals surface area contributed by atoms with Gasteiger partial charge in [0.15, 0.2) is 6.23 Å². The van der Waals surface area contributed by atoms with Crippen LogP contribution in [-0.4, -0.2) is 55.7 Å². The molecule has 1 aliphatic rings. The third-order valence-corrected chi connectivity index (χ3v) is 6.40. The van der Waals surface area contributed by atoms with E-state index < -0.39 is 36.8 Å². The van der Waals surface area contributed by atoms with Crippen molar-refractivity contribution in [1.82, 2.24) is 9.55 Å². The minimum absolute atomic E-state index is 0.132. The summed E-state index contributed by atoms with van der Waals surface area (Å²) in [6, 6.07) is 1.44. The number of anilines is 1. The van der Waals surface area contributed by atoms with Crippen LogP contribution in [0.15, 0.2) is 17.1 Å². The third-order valence-electron chi connectivity index (χ3n) is 6.40. The fourth-order valence-corrected chi connectivity index (χ4v) is 4.29. The Balaban J connectivity index is 1.58. The van der Waals surface area contributed by atoms with Crippen LogP contribution >= 0.6 is 0 Å². The molecule has 0 aliphatic carbocycles. The van der Waals surface area contributed by atoms with Crippen LogP contribution in [0.25, 0.3) is 0 Å². The number of nitrogens with zero attached hydrogens (tertiary/aromatic N) is 2. The number of nitrogens with one attached hydrogen (secondary N) is 1. The summed E-state index contributed by atoms with van der Waals surface area (Å²) >= 11 is 0. The second kappa shape index (κ2) is 16.0. The van der Waals surface area contributed by atoms with Crippen LogP contribution in [0.4, 0.5) is 5.82 Å². The Morgan fingerprint density at radius 2 is 1.53 bits per heavy atom. The van der Waals surface area contributed by atoms with Crippen LogP contribution in [-0.2, 0) is 9.53 Å². The van der Waals surface area contributed by atoms with Gasteiger partial charge in [0.1, 0.15) is 24.1 Å². The summed E-state index contributed by atoms with van der Waals surface area (Å²) in [6.07, 6.45) is 13.1. The zero-order chi connectivity index (χ0) is 24.8. The van der Waals surface area contributed by atoms with E-state index >= 15 is 0 Å². The van der Waals surface area contributed by atoms with Crippen molar-refractivity contribution in [3.63, 3.8) is 0 Å². The molecule has 9 heteroatoms. The van der Waals surface area contributed by atoms with Crippen LogP contribution in [0, 0.1) is 0 Å². The fraction of sp³-hybridized carbons (Fsp3) is 0.800. The molecule has 0 aromatic carbocycles. The lowest BCUT2D eigenvalue weighted by Crippen LogP contribution is -2.36. The first kappa shape index (κ1) is 28.4. The van der Waals surface area contributed by atoms with Gasteiger partial charge in [-0.15, -0.1) is 0 Å². The Labute approximate surface area is 202 Å². The molecule has 1 saturated heterocycles. The summed E-state index contributed by atoms with van der Waals surface area (Å²) < 4.78 is 6.37. The second-order valence-electron chi connectivity index (χ2n) is 9.27. The monoisotopic (exact) mass is 481 g/mol. The van der Waals surface area contributed by atoms with E-state index in [1.54, 1.807) is 0 Å². The number of hydrogen-bond donors (Lipinski definition) is 4. The first-order valence-corrected chi connectivity index (χ1v) is 13.0. The van der Waals surface area contributed by atoms with Crippen molar-refractivity contribution in [3.05, 3.63) is 22.7 Å². The average Bonchev–Trinajstić information content (AvgIpc) is 3.10. The van der Waals surface area contributed by atoms with Gasteiger partial charge in [-0.1, -0.05) is 84.0 Å². The molecular weight excluding hydrogens is 438 g/mol. The number of aromatic nitrogens is 2. The number of unbranched alkanes of at least 4 members (excludes halogenated alkanes) is 12. The van der Waals surface area contributed by atoms with Gasteiger partial charge in [0.25, 0.3) is 0 Å². The minimum Gasteiger partial charge on any atom is -0.394 e. The van der Waals surface area contributed by atoms with E-state index in [4.69, 9.17) is 4.74 Å². The largest absolute Gasteiger partial charge is 0.394 e. The summed E-state index contributed by atoms with van der Waals surface area (Å²) in [5, 5.41) is 31.7. The Bertz CT molecular complexity index is 771. The van der Waals surface area contributed by atoms with E-state index in [9.17, 15) is 24.9 Å². The first-order valence-electron chi connectivity index (χ1n) is 13.0. The van der Waals surface area contributed by atoms with Gasteiger partial charge in [-0.2, -0.15) is 4.98 Å². The molecule has 1 unspecified atom stereocenters. The molecule has 0 radical (unpaired) electrons. The Morgan fingerprint density at radius 3 is 2.03 bits per heavy atom. The quantitative estimate of drug-likeness (QED) is 0.251. The van der Waals surface area contributed by atoms with Crippen molar-refractivity contribution in [3.8, 4) is 0 Å². The maximum atomic E-state index is 12.3. The molecule has 194 valence electrons. The topological polar surface area (TPSA) is 134 Å². The Morgan fingerprint density at radius 1 is 0.971 bits per heavy atom. The highest BCUT2D eigenvalue weighted by Gasteiger charge is 2.43. The molecule has 4 N–H and O–H groups in total. The lowest BCUT2D eigenvalue weighted by molar-refractivity contribution is -0.116. The molecule has 34 heavy (non-hydrogen) atoms. The minimum atomic E-state index is -1.37. The Kier molecular flexibility index (Phi) is 13.4. The van der Waals surface area contributed by atoms with Gasteiger partial charge in [-0.3, -0.25) is 9.36 Å². The third kappa shape index (κ3) is 9.44. The molecule has 0 saturated carbocycles. The normalized spacial score (nSPS) is 22.2. The molecule has 1 fully saturated rings. The number of ether oxygens (including phenoxy) is 1. The molecule has 1 aliphatic heterocycles. The van der Waals surface area contributed by atoms with Gasteiger partial charge >= 0.3 is 5.69 Å². The summed E-state index contributed by atoms with van der Waals surface area (Å²) in [7, 11) is 0. The highest BCUT2D eigenvalue weighted by Crippen LogP contribution is 2.28. The number of hydrogen-bond acceptors (Lipinski definition) is 7. The molecule has 0 bridgehead atoms. The molecule has 0 spiro atoms. The van der Waals surface area contributed by atoms with Gasteiger partial charge in [0, 0.05) is 12.6 Å². The molecule has 1 amide bonds. The number of carbonyl (C=O) groups excluding carboxylic acids is 1. The van der Waals surface area contributed by atoms with Gasteiger partial charge in [-0.25, -0.2) is 4.79 Å². The SMILES string of the molecule is CCCCCCCCCCCCCCCC(=O)Nc1ccn(C2O[C@H](CO)[C@@H](O)[C@@H]2O)c(=O)n1. The van der Waals surface area contributed by atoms with Crippen molar-refractivity contribution in [1.29, 1.82) is 0 Å². The lowest BCUT2D eigenvalue weighted by atomic mass is 10.0. The standard InChI is InChI=1S/C25H43N3O6/c1-2-3-4-5-6-7-8-9-10-11-12-13-14-15-21(30)26-20-16-17-28(25(33)27-20)24-23(32)22(31)19(18-29)34-24/h16-17,19,22-24,29,31-32H,2-15,18H2,1H3,(H,26,27,30,33)/t19-,22-,23+,24?/m1/s1. The van der Waals surface area contributed by atoms with E-state index in [0.717, 1.165) is 23.8 Å². The van der Waals surface area contributed by atoms with Crippen LogP contribution < -0.4 is 11.0 Å². The van der Waals surface area contributed by atoms with Gasteiger partial charge in [0.05, 0.1) is 6.61 Å². The van der Waals surface area contributed by atoms with Crippen molar-refractivity contribution < 1.29 is 24.9 Å². The Hall–Kier alpha value is -1.81. The van der Waals surface area contributed by atoms with Crippen LogP contribution in [0.3, 0.4) is 0 Å². The molecule has 4 atom stereocenters. The predicted octanol–water partition coefficient (Wildman–Crippen LogP) is 3.27. The fourth-order valence-electron chi connectivity index (χ4n) is 4.29. The van der Waals surface area contributed by atoms with Crippen LogP contribution in [0.2, 0.25) is 0 Å². The molecule has 9 nitrogen and oxygen atoms in total. The summed E-state index contributed by atoms with van der Waals surface area (Å²) in [5.41, 5.74) is -0.728. The zero-order valence-electron chi connectivity index (χ0n) is 20.5. The number of amides is 1. The van der Waals surface area contributed by atoms with Gasteiger partial charge in [0.2, 0.25) is 5.91 Å². The molecule has 1 aromatic rings. The average molecular weight is 482 g/mol. The van der Waals surface area contributed by atoms with Crippen LogP contribution in [0.1, 0.15) is 103 Å². The smallest absolute Gasteiger partial charge is 0.351 e. The molecule has 1 aromatic heterocycles. The van der Waals surface area contributed by atoms with Gasteiger partial charge in [-0.05, 0) is 12.5 Å². The zero-order valence-corrected chi connectivity index (χ0v) is 20.5. The summed E-state index contributed by atoms with van der Waals surface area (Å²) in [4.78, 5) is 28.3. The highest BCUT2D eigenvalue weighted by molar-refractivity contribution is 5.89. The molecule has 2 rings (SSSR count). The molecule has 2 heterocycles. The van der Waals surface area contributed by atoms with Gasteiger partial charge < -0.3 is 25.4 Å². The van der Waals surface area contributed by atoms with Crippen molar-refractivity contribution in [2.45, 2.75) is 121 Å². The van der Waals surface area contributed by atoms with E-state index in [1.165, 1.54) is 76.5 Å². The first-order chi connectivity index (χ1) is 16.5. The highest BCUT2D eigenvalue weighted by atomic mass is 16.6.